The van der Waals surface area contributed by atoms with Crippen LogP contribution in [0.25, 0.3) is 0 Å². The van der Waals surface area contributed by atoms with Crippen molar-refractivity contribution in [3.8, 4) is 5.75 Å². The first-order valence-corrected chi connectivity index (χ1v) is 9.22. The number of carbonyl (C=O) groups is 1. The van der Waals surface area contributed by atoms with E-state index in [1.807, 2.05) is 38.1 Å². The fraction of sp³-hybridized carbons (Fsp3) is 0.450. The van der Waals surface area contributed by atoms with Crippen molar-refractivity contribution in [2.24, 2.45) is 0 Å². The number of anilines is 2. The second-order valence-electron chi connectivity index (χ2n) is 6.03. The topological polar surface area (TPSA) is 67.4 Å². The lowest BCUT2D eigenvalue weighted by Crippen LogP contribution is -2.27. The van der Waals surface area contributed by atoms with E-state index in [1.54, 1.807) is 6.07 Å². The zero-order valence-electron chi connectivity index (χ0n) is 16.1. The number of rotatable bonds is 9. The van der Waals surface area contributed by atoms with Crippen molar-refractivity contribution in [3.05, 3.63) is 41.9 Å². The van der Waals surface area contributed by atoms with Gasteiger partial charge in [-0.1, -0.05) is 26.0 Å². The normalized spacial score (nSPS) is 10.5. The Kier molecular flexibility index (Phi) is 7.38. The quantitative estimate of drug-likeness (QED) is 0.734. The number of hydrogen-bond donors (Lipinski definition) is 1. The van der Waals surface area contributed by atoms with Gasteiger partial charge in [-0.2, -0.15) is 0 Å². The van der Waals surface area contributed by atoms with E-state index in [2.05, 4.69) is 34.0 Å². The second-order valence-corrected chi connectivity index (χ2v) is 6.03. The number of ether oxygens (including phenoxy) is 1. The van der Waals surface area contributed by atoms with Gasteiger partial charge < -0.3 is 15.0 Å². The third-order valence-corrected chi connectivity index (χ3v) is 3.80. The molecular formula is C20H28N4O2. The van der Waals surface area contributed by atoms with Crippen molar-refractivity contribution >= 4 is 17.4 Å². The zero-order valence-corrected chi connectivity index (χ0v) is 16.1. The van der Waals surface area contributed by atoms with E-state index in [0.717, 1.165) is 31.7 Å². The van der Waals surface area contributed by atoms with Gasteiger partial charge in [-0.3, -0.25) is 4.79 Å². The summed E-state index contributed by atoms with van der Waals surface area (Å²) in [5.74, 6) is 1.76. The molecule has 0 spiro atoms. The summed E-state index contributed by atoms with van der Waals surface area (Å²) in [6.45, 7) is 10.3. The van der Waals surface area contributed by atoms with Gasteiger partial charge in [0.25, 0.3) is 5.91 Å². The second kappa shape index (κ2) is 9.75. The van der Waals surface area contributed by atoms with E-state index < -0.39 is 0 Å². The van der Waals surface area contributed by atoms with E-state index in [-0.39, 0.29) is 5.91 Å². The molecule has 0 saturated carbocycles. The number of carbonyl (C=O) groups excluding carboxylic acids is 1. The molecule has 0 aliphatic heterocycles. The van der Waals surface area contributed by atoms with E-state index in [1.165, 1.54) is 0 Å². The highest BCUT2D eigenvalue weighted by molar-refractivity contribution is 6.04. The Bertz CT molecular complexity index is 728. The van der Waals surface area contributed by atoms with Gasteiger partial charge in [0.2, 0.25) is 0 Å². The van der Waals surface area contributed by atoms with Gasteiger partial charge in [0.05, 0.1) is 12.3 Å². The van der Waals surface area contributed by atoms with E-state index in [4.69, 9.17) is 4.74 Å². The van der Waals surface area contributed by atoms with Crippen molar-refractivity contribution in [1.82, 2.24) is 9.97 Å². The molecule has 1 amide bonds. The molecule has 26 heavy (non-hydrogen) atoms. The number of hydrogen-bond acceptors (Lipinski definition) is 5. The van der Waals surface area contributed by atoms with Gasteiger partial charge in [-0.25, -0.2) is 9.97 Å². The minimum Gasteiger partial charge on any atom is -0.492 e. The number of para-hydroxylation sites is 2. The lowest BCUT2D eigenvalue weighted by atomic mass is 10.2. The Balaban J connectivity index is 2.26. The Labute approximate surface area is 155 Å². The molecule has 0 bridgehead atoms. The van der Waals surface area contributed by atoms with Crippen LogP contribution in [0.1, 0.15) is 49.9 Å². The number of aryl methyl sites for hydroxylation is 1. The summed E-state index contributed by atoms with van der Waals surface area (Å²) in [6, 6.07) is 9.15. The molecule has 0 atom stereocenters. The van der Waals surface area contributed by atoms with Crippen LogP contribution in [-0.4, -0.2) is 35.6 Å². The van der Waals surface area contributed by atoms with Crippen molar-refractivity contribution in [2.75, 3.05) is 29.9 Å². The SMILES string of the molecule is CCCN(CCC)c1cc(C(=O)Nc2ccccc2OCC)nc(C)n1. The third kappa shape index (κ3) is 5.18. The zero-order chi connectivity index (χ0) is 18.9. The standard InChI is InChI=1S/C20H28N4O2/c1-5-12-24(13-6-2)19-14-17(21-15(4)22-19)20(25)23-16-10-8-9-11-18(16)26-7-3/h8-11,14H,5-7,12-13H2,1-4H3,(H,23,25). The summed E-state index contributed by atoms with van der Waals surface area (Å²) in [7, 11) is 0. The number of amides is 1. The summed E-state index contributed by atoms with van der Waals surface area (Å²) < 4.78 is 5.57. The van der Waals surface area contributed by atoms with Gasteiger partial charge in [0.15, 0.2) is 0 Å². The average molecular weight is 356 g/mol. The fourth-order valence-electron chi connectivity index (χ4n) is 2.75. The molecule has 0 radical (unpaired) electrons. The molecule has 6 nitrogen and oxygen atoms in total. The first-order valence-electron chi connectivity index (χ1n) is 9.22. The smallest absolute Gasteiger partial charge is 0.274 e. The number of benzene rings is 1. The maximum atomic E-state index is 12.7. The molecule has 140 valence electrons. The van der Waals surface area contributed by atoms with Crippen molar-refractivity contribution in [3.63, 3.8) is 0 Å². The molecule has 2 rings (SSSR count). The molecule has 1 N–H and O–H groups in total. The highest BCUT2D eigenvalue weighted by Crippen LogP contribution is 2.24. The molecule has 0 saturated heterocycles. The maximum Gasteiger partial charge on any atom is 0.274 e. The lowest BCUT2D eigenvalue weighted by molar-refractivity contribution is 0.102. The van der Waals surface area contributed by atoms with Gasteiger partial charge in [0, 0.05) is 19.2 Å². The van der Waals surface area contributed by atoms with Crippen molar-refractivity contribution in [1.29, 1.82) is 0 Å². The predicted octanol–water partition coefficient (Wildman–Crippen LogP) is 4.06. The van der Waals surface area contributed by atoms with Crippen LogP contribution in [-0.2, 0) is 0 Å². The molecule has 1 aromatic carbocycles. The Morgan fingerprint density at radius 3 is 2.46 bits per heavy atom. The Morgan fingerprint density at radius 2 is 1.81 bits per heavy atom. The van der Waals surface area contributed by atoms with Gasteiger partial charge in [0.1, 0.15) is 23.1 Å². The summed E-state index contributed by atoms with van der Waals surface area (Å²) in [6.07, 6.45) is 2.04. The molecule has 6 heteroatoms. The first kappa shape index (κ1) is 19.7. The molecule has 0 aliphatic carbocycles. The average Bonchev–Trinajstić information content (AvgIpc) is 2.63. The van der Waals surface area contributed by atoms with Crippen LogP contribution in [0, 0.1) is 6.92 Å². The van der Waals surface area contributed by atoms with E-state index in [0.29, 0.717) is 29.6 Å². The third-order valence-electron chi connectivity index (χ3n) is 3.80. The molecule has 0 fully saturated rings. The van der Waals surface area contributed by atoms with Crippen LogP contribution in [0.15, 0.2) is 30.3 Å². The van der Waals surface area contributed by atoms with Crippen LogP contribution in [0.2, 0.25) is 0 Å². The van der Waals surface area contributed by atoms with Crippen molar-refractivity contribution < 1.29 is 9.53 Å². The van der Waals surface area contributed by atoms with E-state index >= 15 is 0 Å². The van der Waals surface area contributed by atoms with Crippen LogP contribution in [0.3, 0.4) is 0 Å². The summed E-state index contributed by atoms with van der Waals surface area (Å²) in [4.78, 5) is 23.8. The van der Waals surface area contributed by atoms with Crippen LogP contribution < -0.4 is 15.0 Å². The van der Waals surface area contributed by atoms with Crippen LogP contribution in [0.4, 0.5) is 11.5 Å². The van der Waals surface area contributed by atoms with Gasteiger partial charge in [-0.15, -0.1) is 0 Å². The highest BCUT2D eigenvalue weighted by atomic mass is 16.5. The minimum absolute atomic E-state index is 0.267. The number of aromatic nitrogens is 2. The van der Waals surface area contributed by atoms with E-state index in [9.17, 15) is 4.79 Å². The molecular weight excluding hydrogens is 328 g/mol. The maximum absolute atomic E-state index is 12.7. The highest BCUT2D eigenvalue weighted by Gasteiger charge is 2.15. The van der Waals surface area contributed by atoms with Gasteiger partial charge >= 0.3 is 0 Å². The summed E-state index contributed by atoms with van der Waals surface area (Å²) in [5.41, 5.74) is 0.993. The number of nitrogens with zero attached hydrogens (tertiary/aromatic N) is 3. The largest absolute Gasteiger partial charge is 0.492 e. The Morgan fingerprint density at radius 1 is 1.12 bits per heavy atom. The minimum atomic E-state index is -0.267. The fourth-order valence-corrected chi connectivity index (χ4v) is 2.75. The first-order chi connectivity index (χ1) is 12.6. The molecule has 2 aromatic rings. The van der Waals surface area contributed by atoms with Crippen LogP contribution in [0.5, 0.6) is 5.75 Å². The molecule has 1 heterocycles. The van der Waals surface area contributed by atoms with Gasteiger partial charge in [-0.05, 0) is 38.8 Å². The molecule has 0 unspecified atom stereocenters. The predicted molar refractivity (Wildman–Crippen MR) is 105 cm³/mol. The van der Waals surface area contributed by atoms with Crippen molar-refractivity contribution in [2.45, 2.75) is 40.5 Å². The lowest BCUT2D eigenvalue weighted by Gasteiger charge is -2.23. The summed E-state index contributed by atoms with van der Waals surface area (Å²) in [5, 5.41) is 2.90. The molecule has 0 aliphatic rings. The molecule has 1 aromatic heterocycles. The Hall–Kier alpha value is -2.63. The monoisotopic (exact) mass is 356 g/mol. The van der Waals surface area contributed by atoms with Crippen LogP contribution >= 0.6 is 0 Å². The summed E-state index contributed by atoms with van der Waals surface area (Å²) >= 11 is 0. The number of nitrogens with one attached hydrogen (secondary N) is 1.